The molecular weight excluding hydrogens is 410 g/mol. The van der Waals surface area contributed by atoms with Gasteiger partial charge in [0.15, 0.2) is 0 Å². The van der Waals surface area contributed by atoms with Gasteiger partial charge in [0.25, 0.3) is 5.91 Å². The van der Waals surface area contributed by atoms with Gasteiger partial charge in [-0.25, -0.2) is 0 Å². The maximum atomic E-state index is 12.7. The van der Waals surface area contributed by atoms with Crippen molar-refractivity contribution in [1.29, 1.82) is 0 Å². The topological polar surface area (TPSA) is 67.6 Å². The summed E-state index contributed by atoms with van der Waals surface area (Å²) in [6, 6.07) is 7.43. The Kier molecular flexibility index (Phi) is 6.87. The van der Waals surface area contributed by atoms with E-state index in [0.29, 0.717) is 17.9 Å². The molecule has 0 bridgehead atoms. The minimum absolute atomic E-state index is 0. The van der Waals surface area contributed by atoms with Crippen molar-refractivity contribution in [2.75, 3.05) is 19.6 Å². The van der Waals surface area contributed by atoms with Crippen LogP contribution in [0.3, 0.4) is 0 Å². The number of halogens is 2. The molecule has 2 heterocycles. The summed E-state index contributed by atoms with van der Waals surface area (Å²) in [5, 5.41) is 7.18. The van der Waals surface area contributed by atoms with Gasteiger partial charge in [-0.1, -0.05) is 5.16 Å². The molecule has 1 N–H and O–H groups in total. The summed E-state index contributed by atoms with van der Waals surface area (Å²) in [4.78, 5) is 14.6. The van der Waals surface area contributed by atoms with Crippen molar-refractivity contribution < 1.29 is 14.1 Å². The molecule has 1 aliphatic heterocycles. The van der Waals surface area contributed by atoms with E-state index in [9.17, 15) is 4.79 Å². The van der Waals surface area contributed by atoms with Gasteiger partial charge in [0.05, 0.1) is 4.47 Å². The van der Waals surface area contributed by atoms with Crippen LogP contribution in [0, 0.1) is 6.92 Å². The molecule has 2 aromatic rings. The fourth-order valence-electron chi connectivity index (χ4n) is 2.70. The Morgan fingerprint density at radius 3 is 2.92 bits per heavy atom. The summed E-state index contributed by atoms with van der Waals surface area (Å²) in [5.74, 6) is 1.46. The number of benzene rings is 1. The minimum Gasteiger partial charge on any atom is -0.486 e. The van der Waals surface area contributed by atoms with Crippen LogP contribution in [0.4, 0.5) is 0 Å². The van der Waals surface area contributed by atoms with Gasteiger partial charge in [0, 0.05) is 37.3 Å². The summed E-state index contributed by atoms with van der Waals surface area (Å²) in [6.07, 6.45) is 0. The summed E-state index contributed by atoms with van der Waals surface area (Å²) in [5.41, 5.74) is 1.38. The second-order valence-electron chi connectivity index (χ2n) is 5.91. The van der Waals surface area contributed by atoms with Crippen LogP contribution in [0.2, 0.25) is 0 Å². The average molecular weight is 431 g/mol. The van der Waals surface area contributed by atoms with E-state index in [1.54, 1.807) is 18.2 Å². The van der Waals surface area contributed by atoms with E-state index in [0.717, 1.165) is 35.6 Å². The molecule has 1 fully saturated rings. The van der Waals surface area contributed by atoms with E-state index in [2.05, 4.69) is 33.3 Å². The Labute approximate surface area is 161 Å². The molecule has 1 aliphatic rings. The van der Waals surface area contributed by atoms with Crippen molar-refractivity contribution in [2.24, 2.45) is 0 Å². The number of piperazine rings is 1. The quantitative estimate of drug-likeness (QED) is 0.807. The molecule has 0 aliphatic carbocycles. The standard InChI is InChI=1S/C17H20BrN3O3.ClH/c1-11-9-19-5-6-21(11)17(22)13-3-4-16(15(18)8-13)23-10-14-7-12(2)24-20-14;/h3-4,7-8,11,19H,5-6,9-10H2,1-2H3;1H/t11-;/m1./s1. The lowest BCUT2D eigenvalue weighted by Gasteiger charge is -2.34. The SMILES string of the molecule is Cc1cc(COc2ccc(C(=O)N3CCNC[C@H]3C)cc2Br)no1.Cl. The monoisotopic (exact) mass is 429 g/mol. The van der Waals surface area contributed by atoms with Crippen LogP contribution >= 0.6 is 28.3 Å². The predicted molar refractivity (Wildman–Crippen MR) is 100 cm³/mol. The van der Waals surface area contributed by atoms with Crippen LogP contribution in [0.1, 0.15) is 28.7 Å². The number of hydrogen-bond acceptors (Lipinski definition) is 5. The molecular formula is C17H21BrClN3O3. The maximum Gasteiger partial charge on any atom is 0.254 e. The van der Waals surface area contributed by atoms with Crippen LogP contribution in [-0.4, -0.2) is 41.6 Å². The van der Waals surface area contributed by atoms with Gasteiger partial charge in [0.2, 0.25) is 0 Å². The van der Waals surface area contributed by atoms with E-state index in [1.807, 2.05) is 17.9 Å². The smallest absolute Gasteiger partial charge is 0.254 e. The Balaban J connectivity index is 0.00000225. The molecule has 3 rings (SSSR count). The van der Waals surface area contributed by atoms with Crippen molar-refractivity contribution >= 4 is 34.2 Å². The second-order valence-corrected chi connectivity index (χ2v) is 6.77. The molecule has 1 amide bonds. The largest absolute Gasteiger partial charge is 0.486 e. The first-order chi connectivity index (χ1) is 11.5. The van der Waals surface area contributed by atoms with Crippen LogP contribution in [-0.2, 0) is 6.61 Å². The van der Waals surface area contributed by atoms with Crippen LogP contribution in [0.15, 0.2) is 33.3 Å². The molecule has 0 radical (unpaired) electrons. The molecule has 6 nitrogen and oxygen atoms in total. The number of hydrogen-bond donors (Lipinski definition) is 1. The van der Waals surface area contributed by atoms with Gasteiger partial charge in [-0.05, 0) is 48.0 Å². The van der Waals surface area contributed by atoms with E-state index in [-0.39, 0.29) is 24.4 Å². The average Bonchev–Trinajstić information content (AvgIpc) is 2.99. The van der Waals surface area contributed by atoms with Crippen molar-refractivity contribution in [3.8, 4) is 5.75 Å². The number of nitrogens with one attached hydrogen (secondary N) is 1. The number of ether oxygens (including phenoxy) is 1. The normalized spacial score (nSPS) is 17.1. The highest BCUT2D eigenvalue weighted by molar-refractivity contribution is 9.10. The molecule has 1 aromatic carbocycles. The predicted octanol–water partition coefficient (Wildman–Crippen LogP) is 3.18. The lowest BCUT2D eigenvalue weighted by molar-refractivity contribution is 0.0655. The number of rotatable bonds is 4. The lowest BCUT2D eigenvalue weighted by atomic mass is 10.1. The Morgan fingerprint density at radius 1 is 1.48 bits per heavy atom. The molecule has 0 spiro atoms. The number of carbonyl (C=O) groups excluding carboxylic acids is 1. The van der Waals surface area contributed by atoms with E-state index >= 15 is 0 Å². The van der Waals surface area contributed by atoms with Gasteiger partial charge < -0.3 is 19.5 Å². The first-order valence-corrected chi connectivity index (χ1v) is 8.70. The number of carbonyl (C=O) groups is 1. The third kappa shape index (κ3) is 4.74. The van der Waals surface area contributed by atoms with Crippen molar-refractivity contribution in [1.82, 2.24) is 15.4 Å². The first-order valence-electron chi connectivity index (χ1n) is 7.91. The molecule has 136 valence electrons. The maximum absolute atomic E-state index is 12.7. The molecule has 1 atom stereocenters. The summed E-state index contributed by atoms with van der Waals surface area (Å²) < 4.78 is 11.5. The first kappa shape index (κ1) is 19.8. The number of aryl methyl sites for hydroxylation is 1. The summed E-state index contributed by atoms with van der Waals surface area (Å²) >= 11 is 3.48. The van der Waals surface area contributed by atoms with E-state index in [4.69, 9.17) is 9.26 Å². The Hall–Kier alpha value is -1.57. The highest BCUT2D eigenvalue weighted by atomic mass is 79.9. The molecule has 1 saturated heterocycles. The van der Waals surface area contributed by atoms with Gasteiger partial charge in [-0.15, -0.1) is 12.4 Å². The molecule has 0 saturated carbocycles. The van der Waals surface area contributed by atoms with Crippen LogP contribution in [0.5, 0.6) is 5.75 Å². The minimum atomic E-state index is 0. The number of nitrogens with zero attached hydrogens (tertiary/aromatic N) is 2. The fourth-order valence-corrected chi connectivity index (χ4v) is 3.19. The molecule has 0 unspecified atom stereocenters. The molecule has 8 heteroatoms. The zero-order valence-corrected chi connectivity index (χ0v) is 16.5. The molecule has 1 aromatic heterocycles. The van der Waals surface area contributed by atoms with Crippen LogP contribution < -0.4 is 10.1 Å². The van der Waals surface area contributed by atoms with Crippen molar-refractivity contribution in [3.63, 3.8) is 0 Å². The van der Waals surface area contributed by atoms with E-state index < -0.39 is 0 Å². The fraction of sp³-hybridized carbons (Fsp3) is 0.412. The van der Waals surface area contributed by atoms with Crippen LogP contribution in [0.25, 0.3) is 0 Å². The van der Waals surface area contributed by atoms with E-state index in [1.165, 1.54) is 0 Å². The summed E-state index contributed by atoms with van der Waals surface area (Å²) in [6.45, 7) is 6.58. The van der Waals surface area contributed by atoms with Crippen molar-refractivity contribution in [2.45, 2.75) is 26.5 Å². The van der Waals surface area contributed by atoms with Crippen molar-refractivity contribution in [3.05, 3.63) is 45.8 Å². The summed E-state index contributed by atoms with van der Waals surface area (Å²) in [7, 11) is 0. The highest BCUT2D eigenvalue weighted by Crippen LogP contribution is 2.27. The third-order valence-corrected chi connectivity index (χ3v) is 4.61. The highest BCUT2D eigenvalue weighted by Gasteiger charge is 2.24. The second kappa shape index (κ2) is 8.69. The van der Waals surface area contributed by atoms with Gasteiger partial charge >= 0.3 is 0 Å². The lowest BCUT2D eigenvalue weighted by Crippen LogP contribution is -2.52. The van der Waals surface area contributed by atoms with Gasteiger partial charge in [-0.2, -0.15) is 0 Å². The zero-order chi connectivity index (χ0) is 17.1. The number of aromatic nitrogens is 1. The molecule has 25 heavy (non-hydrogen) atoms. The zero-order valence-electron chi connectivity index (χ0n) is 14.1. The third-order valence-electron chi connectivity index (χ3n) is 3.99. The Bertz CT molecular complexity index is 738. The van der Waals surface area contributed by atoms with Gasteiger partial charge in [-0.3, -0.25) is 4.79 Å². The Morgan fingerprint density at radius 2 is 2.28 bits per heavy atom. The number of amides is 1. The van der Waals surface area contributed by atoms with Gasteiger partial charge in [0.1, 0.15) is 23.8 Å².